The fourth-order valence-electron chi connectivity index (χ4n) is 2.47. The SMILES string of the molecule is CN(CC1(CN)CC1)C(=O)c1ccc2nc[nH]c2c1. The topological polar surface area (TPSA) is 75.0 Å². The molecule has 0 aliphatic heterocycles. The number of benzene rings is 1. The van der Waals surface area contributed by atoms with Crippen LogP contribution in [-0.2, 0) is 0 Å². The zero-order valence-electron chi connectivity index (χ0n) is 11.0. The van der Waals surface area contributed by atoms with Crippen molar-refractivity contribution in [3.8, 4) is 0 Å². The summed E-state index contributed by atoms with van der Waals surface area (Å²) in [5.41, 5.74) is 8.38. The first-order valence-corrected chi connectivity index (χ1v) is 6.52. The van der Waals surface area contributed by atoms with E-state index in [9.17, 15) is 4.79 Å². The number of rotatable bonds is 4. The molecule has 5 nitrogen and oxygen atoms in total. The molecule has 100 valence electrons. The number of carbonyl (C=O) groups excluding carboxylic acids is 1. The molecule has 0 spiro atoms. The molecule has 2 aromatic rings. The van der Waals surface area contributed by atoms with Gasteiger partial charge in [0.2, 0.25) is 0 Å². The summed E-state index contributed by atoms with van der Waals surface area (Å²) in [5.74, 6) is 0.0382. The quantitative estimate of drug-likeness (QED) is 0.869. The van der Waals surface area contributed by atoms with Crippen molar-refractivity contribution in [2.75, 3.05) is 20.1 Å². The Kier molecular flexibility index (Phi) is 2.78. The number of imidazole rings is 1. The number of aromatic amines is 1. The van der Waals surface area contributed by atoms with Crippen molar-refractivity contribution in [3.05, 3.63) is 30.1 Å². The second kappa shape index (κ2) is 4.35. The number of nitrogens with one attached hydrogen (secondary N) is 1. The van der Waals surface area contributed by atoms with Crippen LogP contribution in [0.4, 0.5) is 0 Å². The standard InChI is InChI=1S/C14H18N4O/c1-18(8-14(7-15)4-5-14)13(19)10-2-3-11-12(6-10)17-9-16-11/h2-3,6,9H,4-5,7-8,15H2,1H3,(H,16,17). The van der Waals surface area contributed by atoms with Gasteiger partial charge in [-0.15, -0.1) is 0 Å². The van der Waals surface area contributed by atoms with E-state index in [1.807, 2.05) is 25.2 Å². The van der Waals surface area contributed by atoms with Gasteiger partial charge >= 0.3 is 0 Å². The Bertz CT molecular complexity index is 615. The number of nitrogens with zero attached hydrogens (tertiary/aromatic N) is 2. The van der Waals surface area contributed by atoms with Crippen molar-refractivity contribution >= 4 is 16.9 Å². The Morgan fingerprint density at radius 3 is 3.00 bits per heavy atom. The molecule has 0 unspecified atom stereocenters. The van der Waals surface area contributed by atoms with Gasteiger partial charge in [0, 0.05) is 24.6 Å². The van der Waals surface area contributed by atoms with Gasteiger partial charge in [-0.05, 0) is 37.6 Å². The van der Waals surface area contributed by atoms with Gasteiger partial charge in [-0.1, -0.05) is 0 Å². The number of carbonyl (C=O) groups is 1. The molecule has 1 fully saturated rings. The molecule has 1 amide bonds. The number of nitrogens with two attached hydrogens (primary N) is 1. The highest BCUT2D eigenvalue weighted by molar-refractivity contribution is 5.97. The van der Waals surface area contributed by atoms with E-state index in [-0.39, 0.29) is 11.3 Å². The van der Waals surface area contributed by atoms with E-state index in [0.717, 1.165) is 30.4 Å². The molecule has 0 atom stereocenters. The molecule has 1 saturated carbocycles. The summed E-state index contributed by atoms with van der Waals surface area (Å²) in [6, 6.07) is 5.54. The van der Waals surface area contributed by atoms with Crippen molar-refractivity contribution in [2.24, 2.45) is 11.1 Å². The lowest BCUT2D eigenvalue weighted by atomic mass is 10.1. The predicted molar refractivity (Wildman–Crippen MR) is 73.8 cm³/mol. The van der Waals surface area contributed by atoms with Crippen LogP contribution < -0.4 is 5.73 Å². The van der Waals surface area contributed by atoms with Crippen molar-refractivity contribution in [1.29, 1.82) is 0 Å². The highest BCUT2D eigenvalue weighted by atomic mass is 16.2. The lowest BCUT2D eigenvalue weighted by Gasteiger charge is -2.22. The molecular weight excluding hydrogens is 240 g/mol. The Morgan fingerprint density at radius 2 is 2.32 bits per heavy atom. The zero-order chi connectivity index (χ0) is 13.5. The highest BCUT2D eigenvalue weighted by Crippen LogP contribution is 2.45. The average Bonchev–Trinajstić information content (AvgIpc) is 3.04. The Labute approximate surface area is 111 Å². The molecular formula is C14H18N4O. The Balaban J connectivity index is 1.78. The third-order valence-corrected chi connectivity index (χ3v) is 3.98. The van der Waals surface area contributed by atoms with E-state index in [4.69, 9.17) is 5.73 Å². The van der Waals surface area contributed by atoms with Crippen LogP contribution in [0.2, 0.25) is 0 Å². The zero-order valence-corrected chi connectivity index (χ0v) is 11.0. The number of H-pyrrole nitrogens is 1. The number of aromatic nitrogens is 2. The van der Waals surface area contributed by atoms with Gasteiger partial charge in [0.1, 0.15) is 0 Å². The van der Waals surface area contributed by atoms with E-state index in [1.54, 1.807) is 11.2 Å². The van der Waals surface area contributed by atoms with Gasteiger partial charge in [-0.25, -0.2) is 4.98 Å². The van der Waals surface area contributed by atoms with Crippen LogP contribution in [0.5, 0.6) is 0 Å². The largest absolute Gasteiger partial charge is 0.345 e. The normalized spacial score (nSPS) is 16.5. The first kappa shape index (κ1) is 12.2. The minimum Gasteiger partial charge on any atom is -0.345 e. The van der Waals surface area contributed by atoms with E-state index in [0.29, 0.717) is 12.1 Å². The lowest BCUT2D eigenvalue weighted by Crippen LogP contribution is -2.35. The van der Waals surface area contributed by atoms with Gasteiger partial charge in [-0.3, -0.25) is 4.79 Å². The predicted octanol–water partition coefficient (Wildman–Crippen LogP) is 1.37. The summed E-state index contributed by atoms with van der Waals surface area (Å²) in [5, 5.41) is 0. The molecule has 5 heteroatoms. The average molecular weight is 258 g/mol. The lowest BCUT2D eigenvalue weighted by molar-refractivity contribution is 0.0766. The van der Waals surface area contributed by atoms with Crippen LogP contribution >= 0.6 is 0 Å². The van der Waals surface area contributed by atoms with Crippen molar-refractivity contribution in [2.45, 2.75) is 12.8 Å². The summed E-state index contributed by atoms with van der Waals surface area (Å²) >= 11 is 0. The van der Waals surface area contributed by atoms with Gasteiger partial charge in [0.25, 0.3) is 5.91 Å². The van der Waals surface area contributed by atoms with E-state index in [2.05, 4.69) is 9.97 Å². The molecule has 0 radical (unpaired) electrons. The second-order valence-electron chi connectivity index (χ2n) is 5.50. The van der Waals surface area contributed by atoms with Crippen LogP contribution in [0.1, 0.15) is 23.2 Å². The van der Waals surface area contributed by atoms with Crippen LogP contribution in [0, 0.1) is 5.41 Å². The molecule has 19 heavy (non-hydrogen) atoms. The number of hydrogen-bond donors (Lipinski definition) is 2. The molecule has 0 saturated heterocycles. The van der Waals surface area contributed by atoms with Crippen LogP contribution in [0.15, 0.2) is 24.5 Å². The third-order valence-electron chi connectivity index (χ3n) is 3.98. The van der Waals surface area contributed by atoms with Crippen LogP contribution in [-0.4, -0.2) is 40.9 Å². The fraction of sp³-hybridized carbons (Fsp3) is 0.429. The summed E-state index contributed by atoms with van der Waals surface area (Å²) < 4.78 is 0. The third kappa shape index (κ3) is 2.21. The molecule has 1 aliphatic rings. The minimum absolute atomic E-state index is 0.0382. The Morgan fingerprint density at radius 1 is 1.53 bits per heavy atom. The summed E-state index contributed by atoms with van der Waals surface area (Å²) in [6.45, 7) is 1.40. The molecule has 1 aliphatic carbocycles. The van der Waals surface area contributed by atoms with Gasteiger partial charge < -0.3 is 15.6 Å². The van der Waals surface area contributed by atoms with Crippen molar-refractivity contribution in [3.63, 3.8) is 0 Å². The first-order chi connectivity index (χ1) is 9.13. The van der Waals surface area contributed by atoms with E-state index < -0.39 is 0 Å². The maximum atomic E-state index is 12.4. The summed E-state index contributed by atoms with van der Waals surface area (Å²) in [6.07, 6.45) is 3.89. The number of amides is 1. The minimum atomic E-state index is 0.0382. The fourth-order valence-corrected chi connectivity index (χ4v) is 2.47. The van der Waals surface area contributed by atoms with Gasteiger partial charge in [0.15, 0.2) is 0 Å². The van der Waals surface area contributed by atoms with E-state index >= 15 is 0 Å². The number of hydrogen-bond acceptors (Lipinski definition) is 3. The van der Waals surface area contributed by atoms with Gasteiger partial charge in [-0.2, -0.15) is 0 Å². The molecule has 1 aromatic heterocycles. The molecule has 1 heterocycles. The van der Waals surface area contributed by atoms with Crippen molar-refractivity contribution in [1.82, 2.24) is 14.9 Å². The molecule has 0 bridgehead atoms. The molecule has 3 rings (SSSR count). The first-order valence-electron chi connectivity index (χ1n) is 6.52. The van der Waals surface area contributed by atoms with Crippen LogP contribution in [0.25, 0.3) is 11.0 Å². The smallest absolute Gasteiger partial charge is 0.253 e. The molecule has 1 aromatic carbocycles. The summed E-state index contributed by atoms with van der Waals surface area (Å²) in [4.78, 5) is 21.3. The highest BCUT2D eigenvalue weighted by Gasteiger charge is 2.42. The van der Waals surface area contributed by atoms with Crippen LogP contribution in [0.3, 0.4) is 0 Å². The summed E-state index contributed by atoms with van der Waals surface area (Å²) in [7, 11) is 1.84. The van der Waals surface area contributed by atoms with Crippen molar-refractivity contribution < 1.29 is 4.79 Å². The Hall–Kier alpha value is -1.88. The maximum Gasteiger partial charge on any atom is 0.253 e. The number of fused-ring (bicyclic) bond motifs is 1. The maximum absolute atomic E-state index is 12.4. The van der Waals surface area contributed by atoms with E-state index in [1.165, 1.54) is 0 Å². The van der Waals surface area contributed by atoms with Gasteiger partial charge in [0.05, 0.1) is 17.4 Å². The second-order valence-corrected chi connectivity index (χ2v) is 5.50. The monoisotopic (exact) mass is 258 g/mol. The molecule has 3 N–H and O–H groups in total.